The Bertz CT molecular complexity index is 864. The van der Waals surface area contributed by atoms with Crippen molar-refractivity contribution in [2.24, 2.45) is 5.14 Å². The lowest BCUT2D eigenvalue weighted by Gasteiger charge is -2.10. The summed E-state index contributed by atoms with van der Waals surface area (Å²) in [6.07, 6.45) is 0. The third-order valence-electron chi connectivity index (χ3n) is 3.15. The smallest absolute Gasteiger partial charge is 0.239 e. The van der Waals surface area contributed by atoms with E-state index in [9.17, 15) is 13.2 Å². The predicted molar refractivity (Wildman–Crippen MR) is 85.8 cm³/mol. The Labute approximate surface area is 138 Å². The van der Waals surface area contributed by atoms with Gasteiger partial charge >= 0.3 is 0 Å². The number of hydrogen-bond donors (Lipinski definition) is 1. The fraction of sp³-hybridized carbons (Fsp3) is 0.133. The number of ether oxygens (including phenoxy) is 2. The first-order chi connectivity index (χ1) is 10.8. The van der Waals surface area contributed by atoms with E-state index >= 15 is 0 Å². The van der Waals surface area contributed by atoms with Gasteiger partial charge in [0.05, 0.1) is 24.8 Å². The van der Waals surface area contributed by atoms with Gasteiger partial charge in [0.15, 0.2) is 5.78 Å². The van der Waals surface area contributed by atoms with Crippen LogP contribution in [0.4, 0.5) is 0 Å². The van der Waals surface area contributed by atoms with Crippen molar-refractivity contribution in [2.45, 2.75) is 4.90 Å². The molecule has 0 spiro atoms. The number of ketones is 1. The first-order valence-corrected chi connectivity index (χ1v) is 8.29. The summed E-state index contributed by atoms with van der Waals surface area (Å²) in [6, 6.07) is 8.57. The van der Waals surface area contributed by atoms with Gasteiger partial charge in [-0.25, -0.2) is 13.6 Å². The van der Waals surface area contributed by atoms with E-state index < -0.39 is 15.8 Å². The van der Waals surface area contributed by atoms with Gasteiger partial charge in [0.25, 0.3) is 0 Å². The SMILES string of the molecule is COc1ccc(C(=O)c2ccc(Cl)c(S(N)(=O)=O)c2)c(OC)c1. The van der Waals surface area contributed by atoms with E-state index in [1.54, 1.807) is 12.1 Å². The average molecular weight is 356 g/mol. The van der Waals surface area contributed by atoms with E-state index in [1.165, 1.54) is 32.4 Å². The van der Waals surface area contributed by atoms with Crippen molar-refractivity contribution >= 4 is 27.4 Å². The van der Waals surface area contributed by atoms with Crippen LogP contribution in [0.25, 0.3) is 0 Å². The molecule has 2 aromatic carbocycles. The largest absolute Gasteiger partial charge is 0.497 e. The molecule has 2 rings (SSSR count). The zero-order valence-electron chi connectivity index (χ0n) is 12.4. The van der Waals surface area contributed by atoms with Gasteiger partial charge in [-0.2, -0.15) is 0 Å². The topological polar surface area (TPSA) is 95.7 Å². The molecule has 2 N–H and O–H groups in total. The van der Waals surface area contributed by atoms with Gasteiger partial charge < -0.3 is 9.47 Å². The predicted octanol–water partition coefficient (Wildman–Crippen LogP) is 2.24. The number of carbonyl (C=O) groups excluding carboxylic acids is 1. The van der Waals surface area contributed by atoms with Crippen LogP contribution in [-0.2, 0) is 10.0 Å². The van der Waals surface area contributed by atoms with E-state index in [2.05, 4.69) is 0 Å². The third kappa shape index (κ3) is 3.64. The average Bonchev–Trinajstić information content (AvgIpc) is 2.52. The summed E-state index contributed by atoms with van der Waals surface area (Å²) in [7, 11) is -1.12. The zero-order chi connectivity index (χ0) is 17.2. The Morgan fingerprint density at radius 2 is 1.78 bits per heavy atom. The number of nitrogens with two attached hydrogens (primary N) is 1. The highest BCUT2D eigenvalue weighted by Gasteiger charge is 2.20. The van der Waals surface area contributed by atoms with Crippen LogP contribution in [0.15, 0.2) is 41.3 Å². The maximum atomic E-state index is 12.6. The van der Waals surface area contributed by atoms with E-state index in [4.69, 9.17) is 26.2 Å². The Morgan fingerprint density at radius 1 is 1.09 bits per heavy atom. The summed E-state index contributed by atoms with van der Waals surface area (Å²) in [5, 5.41) is 5.04. The lowest BCUT2D eigenvalue weighted by atomic mass is 10.0. The van der Waals surface area contributed by atoms with Gasteiger partial charge in [-0.3, -0.25) is 4.79 Å². The zero-order valence-corrected chi connectivity index (χ0v) is 13.9. The van der Waals surface area contributed by atoms with Gasteiger partial charge in [-0.05, 0) is 30.3 Å². The van der Waals surface area contributed by atoms with Gasteiger partial charge in [-0.15, -0.1) is 0 Å². The molecule has 122 valence electrons. The van der Waals surface area contributed by atoms with Crippen LogP contribution < -0.4 is 14.6 Å². The molecule has 0 bridgehead atoms. The second-order valence-corrected chi connectivity index (χ2v) is 6.52. The molecule has 0 fully saturated rings. The minimum atomic E-state index is -4.03. The number of benzene rings is 2. The van der Waals surface area contributed by atoms with Gasteiger partial charge in [0.2, 0.25) is 10.0 Å². The molecule has 0 aliphatic rings. The van der Waals surface area contributed by atoms with Crippen LogP contribution in [0.1, 0.15) is 15.9 Å². The second kappa shape index (κ2) is 6.57. The van der Waals surface area contributed by atoms with Gasteiger partial charge in [0, 0.05) is 11.6 Å². The molecule has 0 aliphatic carbocycles. The first-order valence-electron chi connectivity index (χ1n) is 6.37. The molecule has 23 heavy (non-hydrogen) atoms. The highest BCUT2D eigenvalue weighted by atomic mass is 35.5. The number of carbonyl (C=O) groups is 1. The number of halogens is 1. The fourth-order valence-corrected chi connectivity index (χ4v) is 3.08. The lowest BCUT2D eigenvalue weighted by molar-refractivity contribution is 0.103. The minimum absolute atomic E-state index is 0.0502. The molecular formula is C15H14ClNO5S. The lowest BCUT2D eigenvalue weighted by Crippen LogP contribution is -2.14. The highest BCUT2D eigenvalue weighted by Crippen LogP contribution is 2.28. The molecule has 0 aliphatic heterocycles. The first kappa shape index (κ1) is 17.3. The van der Waals surface area contributed by atoms with E-state index in [1.807, 2.05) is 0 Å². The molecule has 0 heterocycles. The normalized spacial score (nSPS) is 11.1. The summed E-state index contributed by atoms with van der Waals surface area (Å²) in [5.74, 6) is 0.409. The maximum Gasteiger partial charge on any atom is 0.239 e. The molecule has 6 nitrogen and oxygen atoms in total. The Kier molecular flexibility index (Phi) is 4.93. The summed E-state index contributed by atoms with van der Waals surface area (Å²) >= 11 is 5.82. The number of primary sulfonamides is 1. The van der Waals surface area contributed by atoms with Gasteiger partial charge in [0.1, 0.15) is 16.4 Å². The number of sulfonamides is 1. The quantitative estimate of drug-likeness (QED) is 0.830. The fourth-order valence-electron chi connectivity index (χ4n) is 2.00. The summed E-state index contributed by atoms with van der Waals surface area (Å²) in [6.45, 7) is 0. The molecule has 8 heteroatoms. The van der Waals surface area contributed by atoms with E-state index in [0.717, 1.165) is 6.07 Å². The van der Waals surface area contributed by atoms with Crippen LogP contribution in [0.5, 0.6) is 11.5 Å². The van der Waals surface area contributed by atoms with Crippen molar-refractivity contribution in [1.29, 1.82) is 0 Å². The van der Waals surface area contributed by atoms with E-state index in [-0.39, 0.29) is 21.0 Å². The molecule has 2 aromatic rings. The Balaban J connectivity index is 2.54. The maximum absolute atomic E-state index is 12.6. The summed E-state index contributed by atoms with van der Waals surface area (Å²) < 4.78 is 33.3. The monoisotopic (exact) mass is 355 g/mol. The third-order valence-corrected chi connectivity index (χ3v) is 4.55. The van der Waals surface area contributed by atoms with Crippen molar-refractivity contribution in [3.8, 4) is 11.5 Å². The molecular weight excluding hydrogens is 342 g/mol. The standard InChI is InChI=1S/C15H14ClNO5S/c1-21-10-4-5-11(13(8-10)22-2)15(18)9-3-6-12(16)14(7-9)23(17,19)20/h3-8H,1-2H3,(H2,17,19,20). The number of rotatable bonds is 5. The molecule has 0 aromatic heterocycles. The number of methoxy groups -OCH3 is 2. The number of hydrogen-bond acceptors (Lipinski definition) is 5. The second-order valence-electron chi connectivity index (χ2n) is 4.59. The van der Waals surface area contributed by atoms with E-state index in [0.29, 0.717) is 11.5 Å². The minimum Gasteiger partial charge on any atom is -0.497 e. The van der Waals surface area contributed by atoms with Crippen molar-refractivity contribution in [2.75, 3.05) is 14.2 Å². The Morgan fingerprint density at radius 3 is 2.35 bits per heavy atom. The highest BCUT2D eigenvalue weighted by molar-refractivity contribution is 7.89. The van der Waals surface area contributed by atoms with Crippen molar-refractivity contribution < 1.29 is 22.7 Å². The molecule has 0 saturated carbocycles. The van der Waals surface area contributed by atoms with Crippen LogP contribution >= 0.6 is 11.6 Å². The Hall–Kier alpha value is -2.09. The molecule has 0 amide bonds. The molecule has 0 saturated heterocycles. The summed E-state index contributed by atoms with van der Waals surface area (Å²) in [5.41, 5.74) is 0.387. The van der Waals surface area contributed by atoms with Crippen LogP contribution in [0.3, 0.4) is 0 Å². The van der Waals surface area contributed by atoms with Crippen molar-refractivity contribution in [3.63, 3.8) is 0 Å². The molecule has 0 atom stereocenters. The molecule has 0 radical (unpaired) electrons. The van der Waals surface area contributed by atoms with Gasteiger partial charge in [-0.1, -0.05) is 11.6 Å². The van der Waals surface area contributed by atoms with Crippen LogP contribution in [0, 0.1) is 0 Å². The summed E-state index contributed by atoms with van der Waals surface area (Å²) in [4.78, 5) is 12.3. The van der Waals surface area contributed by atoms with Crippen LogP contribution in [0.2, 0.25) is 5.02 Å². The molecule has 0 unspecified atom stereocenters. The van der Waals surface area contributed by atoms with Crippen molar-refractivity contribution in [3.05, 3.63) is 52.5 Å². The van der Waals surface area contributed by atoms with Crippen molar-refractivity contribution in [1.82, 2.24) is 0 Å². The van der Waals surface area contributed by atoms with Crippen LogP contribution in [-0.4, -0.2) is 28.4 Å².